The van der Waals surface area contributed by atoms with E-state index in [9.17, 15) is 18.0 Å². The topological polar surface area (TPSA) is 96.5 Å². The molecule has 9 nitrogen and oxygen atoms in total. The van der Waals surface area contributed by atoms with Gasteiger partial charge >= 0.3 is 5.97 Å². The molecule has 1 atom stereocenters. The predicted octanol–water partition coefficient (Wildman–Crippen LogP) is 0.941. The third-order valence-corrected chi connectivity index (χ3v) is 7.18. The lowest BCUT2D eigenvalue weighted by atomic mass is 10.1. The van der Waals surface area contributed by atoms with Crippen molar-refractivity contribution in [3.05, 3.63) is 23.8 Å². The average molecular weight is 440 g/mol. The number of rotatable bonds is 6. The number of benzene rings is 1. The molecule has 0 bridgehead atoms. The molecule has 0 radical (unpaired) electrons. The molecular formula is C20H29N3O6S. The predicted molar refractivity (Wildman–Crippen MR) is 111 cm³/mol. The molecule has 166 valence electrons. The Labute approximate surface area is 177 Å². The summed E-state index contributed by atoms with van der Waals surface area (Å²) in [5, 5.41) is 0. The van der Waals surface area contributed by atoms with Crippen molar-refractivity contribution in [3.8, 4) is 0 Å². The van der Waals surface area contributed by atoms with E-state index in [1.165, 1.54) is 26.2 Å². The standard InChI is InChI=1S/C20H29N3O6S/c1-15(19(24)23-8-4-5-9-23)29-20(25)17-14-16(30(26,27)21(2)3)6-7-18(17)22-10-12-28-13-11-22/h6-7,14-15H,4-5,8-13H2,1-3H3/t15-/m0/s1. The van der Waals surface area contributed by atoms with Crippen molar-refractivity contribution in [1.82, 2.24) is 9.21 Å². The lowest BCUT2D eigenvalue weighted by molar-refractivity contribution is -0.138. The van der Waals surface area contributed by atoms with Crippen LogP contribution in [-0.4, -0.2) is 89.1 Å². The Hall–Kier alpha value is -2.17. The zero-order valence-electron chi connectivity index (χ0n) is 17.7. The maximum absolute atomic E-state index is 13.0. The van der Waals surface area contributed by atoms with E-state index in [2.05, 4.69) is 0 Å². The Balaban J connectivity index is 1.90. The Morgan fingerprint density at radius 1 is 1.10 bits per heavy atom. The number of sulfonamides is 1. The van der Waals surface area contributed by atoms with Crippen LogP contribution in [0.2, 0.25) is 0 Å². The molecule has 2 saturated heterocycles. The minimum Gasteiger partial charge on any atom is -0.449 e. The van der Waals surface area contributed by atoms with Gasteiger partial charge in [-0.15, -0.1) is 0 Å². The molecule has 10 heteroatoms. The summed E-state index contributed by atoms with van der Waals surface area (Å²) in [4.78, 5) is 29.2. The van der Waals surface area contributed by atoms with Gasteiger partial charge < -0.3 is 19.3 Å². The van der Waals surface area contributed by atoms with E-state index in [0.29, 0.717) is 45.1 Å². The number of likely N-dealkylation sites (tertiary alicyclic amines) is 1. The van der Waals surface area contributed by atoms with Gasteiger partial charge in [-0.2, -0.15) is 0 Å². The quantitative estimate of drug-likeness (QED) is 0.609. The Morgan fingerprint density at radius 3 is 2.33 bits per heavy atom. The van der Waals surface area contributed by atoms with Crippen LogP contribution in [0.1, 0.15) is 30.1 Å². The second-order valence-electron chi connectivity index (χ2n) is 7.65. The van der Waals surface area contributed by atoms with E-state index < -0.39 is 22.1 Å². The zero-order valence-corrected chi connectivity index (χ0v) is 18.5. The second kappa shape index (κ2) is 9.32. The zero-order chi connectivity index (χ0) is 21.9. The number of ether oxygens (including phenoxy) is 2. The van der Waals surface area contributed by atoms with Crippen molar-refractivity contribution < 1.29 is 27.5 Å². The van der Waals surface area contributed by atoms with E-state index in [4.69, 9.17) is 9.47 Å². The van der Waals surface area contributed by atoms with Crippen molar-refractivity contribution in [2.45, 2.75) is 30.8 Å². The Bertz CT molecular complexity index is 890. The fourth-order valence-corrected chi connectivity index (χ4v) is 4.53. The highest BCUT2D eigenvalue weighted by Gasteiger charge is 2.29. The first-order valence-corrected chi connectivity index (χ1v) is 11.5. The number of amides is 1. The lowest BCUT2D eigenvalue weighted by Crippen LogP contribution is -2.39. The van der Waals surface area contributed by atoms with Crippen molar-refractivity contribution in [2.24, 2.45) is 0 Å². The second-order valence-corrected chi connectivity index (χ2v) is 9.80. The first-order valence-electron chi connectivity index (χ1n) is 10.1. The minimum atomic E-state index is -3.73. The van der Waals surface area contributed by atoms with E-state index in [-0.39, 0.29) is 16.4 Å². The fourth-order valence-electron chi connectivity index (χ4n) is 3.60. The Kier molecular flexibility index (Phi) is 6.99. The number of esters is 1. The summed E-state index contributed by atoms with van der Waals surface area (Å²) in [5.74, 6) is -0.946. The van der Waals surface area contributed by atoms with Crippen LogP contribution in [0, 0.1) is 0 Å². The first-order chi connectivity index (χ1) is 14.2. The number of hydrogen-bond donors (Lipinski definition) is 0. The van der Waals surface area contributed by atoms with Gasteiger partial charge in [0.15, 0.2) is 6.10 Å². The van der Waals surface area contributed by atoms with Gasteiger partial charge in [-0.25, -0.2) is 17.5 Å². The van der Waals surface area contributed by atoms with E-state index in [1.54, 1.807) is 17.9 Å². The summed E-state index contributed by atoms with van der Waals surface area (Å²) >= 11 is 0. The molecule has 0 aliphatic carbocycles. The molecule has 1 aromatic carbocycles. The molecule has 0 saturated carbocycles. The maximum atomic E-state index is 13.0. The number of hydrogen-bond acceptors (Lipinski definition) is 7. The van der Waals surface area contributed by atoms with Gasteiger partial charge in [0.2, 0.25) is 10.0 Å². The lowest BCUT2D eigenvalue weighted by Gasteiger charge is -2.30. The molecule has 1 amide bonds. The van der Waals surface area contributed by atoms with Crippen LogP contribution in [0.4, 0.5) is 5.69 Å². The van der Waals surface area contributed by atoms with Crippen LogP contribution in [-0.2, 0) is 24.3 Å². The molecule has 2 fully saturated rings. The van der Waals surface area contributed by atoms with Crippen LogP contribution in [0.15, 0.2) is 23.1 Å². The highest BCUT2D eigenvalue weighted by Crippen LogP contribution is 2.27. The number of carbonyl (C=O) groups is 2. The Morgan fingerprint density at radius 2 is 1.73 bits per heavy atom. The number of nitrogens with zero attached hydrogens (tertiary/aromatic N) is 3. The first kappa shape index (κ1) is 22.5. The van der Waals surface area contributed by atoms with Gasteiger partial charge in [0.05, 0.1) is 29.4 Å². The SMILES string of the molecule is C[C@H](OC(=O)c1cc(S(=O)(=O)N(C)C)ccc1N1CCOCC1)C(=O)N1CCCC1. The molecule has 3 rings (SSSR count). The largest absolute Gasteiger partial charge is 0.449 e. The van der Waals surface area contributed by atoms with Gasteiger partial charge in [0.25, 0.3) is 5.91 Å². The van der Waals surface area contributed by atoms with Crippen LogP contribution < -0.4 is 4.90 Å². The van der Waals surface area contributed by atoms with Gasteiger partial charge in [-0.1, -0.05) is 0 Å². The molecule has 2 aliphatic heterocycles. The van der Waals surface area contributed by atoms with E-state index >= 15 is 0 Å². The summed E-state index contributed by atoms with van der Waals surface area (Å²) in [6.07, 6.45) is 0.943. The maximum Gasteiger partial charge on any atom is 0.341 e. The summed E-state index contributed by atoms with van der Waals surface area (Å²) in [6.45, 7) is 5.04. The molecule has 0 N–H and O–H groups in total. The normalized spacial score (nSPS) is 18.5. The molecule has 0 spiro atoms. The third kappa shape index (κ3) is 4.76. The number of carbonyl (C=O) groups excluding carboxylic acids is 2. The molecule has 0 aromatic heterocycles. The highest BCUT2D eigenvalue weighted by atomic mass is 32.2. The molecule has 2 heterocycles. The van der Waals surface area contributed by atoms with Gasteiger partial charge in [0.1, 0.15) is 0 Å². The third-order valence-electron chi connectivity index (χ3n) is 5.37. The summed E-state index contributed by atoms with van der Waals surface area (Å²) < 4.78 is 37.1. The fraction of sp³-hybridized carbons (Fsp3) is 0.600. The molecule has 2 aliphatic rings. The molecule has 0 unspecified atom stereocenters. The number of morpholine rings is 1. The van der Waals surface area contributed by atoms with Crippen LogP contribution >= 0.6 is 0 Å². The highest BCUT2D eigenvalue weighted by molar-refractivity contribution is 7.89. The average Bonchev–Trinajstić information content (AvgIpc) is 3.28. The van der Waals surface area contributed by atoms with Crippen molar-refractivity contribution in [1.29, 1.82) is 0 Å². The smallest absolute Gasteiger partial charge is 0.341 e. The molecule has 30 heavy (non-hydrogen) atoms. The number of anilines is 1. The van der Waals surface area contributed by atoms with E-state index in [0.717, 1.165) is 17.1 Å². The van der Waals surface area contributed by atoms with E-state index in [1.807, 2.05) is 4.90 Å². The van der Waals surface area contributed by atoms with Gasteiger partial charge in [0, 0.05) is 40.3 Å². The minimum absolute atomic E-state index is 0.00465. The van der Waals surface area contributed by atoms with Crippen LogP contribution in [0.25, 0.3) is 0 Å². The molecular weight excluding hydrogens is 410 g/mol. The van der Waals surface area contributed by atoms with Gasteiger partial charge in [-0.3, -0.25) is 4.79 Å². The van der Waals surface area contributed by atoms with Crippen molar-refractivity contribution >= 4 is 27.6 Å². The van der Waals surface area contributed by atoms with Crippen molar-refractivity contribution in [2.75, 3.05) is 58.4 Å². The summed E-state index contributed by atoms with van der Waals surface area (Å²) in [6, 6.07) is 4.43. The van der Waals surface area contributed by atoms with Crippen LogP contribution in [0.3, 0.4) is 0 Å². The monoisotopic (exact) mass is 439 g/mol. The van der Waals surface area contributed by atoms with Crippen molar-refractivity contribution in [3.63, 3.8) is 0 Å². The van der Waals surface area contributed by atoms with Crippen LogP contribution in [0.5, 0.6) is 0 Å². The summed E-state index contributed by atoms with van der Waals surface area (Å²) in [5.41, 5.74) is 0.697. The summed E-state index contributed by atoms with van der Waals surface area (Å²) in [7, 11) is -0.870. The van der Waals surface area contributed by atoms with Gasteiger partial charge in [-0.05, 0) is 38.0 Å². The molecule has 1 aromatic rings.